The molecule has 0 aromatic carbocycles. The normalized spacial score (nSPS) is 11.6. The van der Waals surface area contributed by atoms with E-state index in [0.29, 0.717) is 0 Å². The zero-order chi connectivity index (χ0) is 11.8. The number of esters is 1. The smallest absolute Gasteiger partial charge is 0.306 e. The summed E-state index contributed by atoms with van der Waals surface area (Å²) in [6, 6.07) is -0.723. The summed E-state index contributed by atoms with van der Waals surface area (Å²) in [5, 5.41) is 2.36. The van der Waals surface area contributed by atoms with Gasteiger partial charge in [-0.1, -0.05) is 0 Å². The third-order valence-electron chi connectivity index (χ3n) is 1.67. The third kappa shape index (κ3) is 6.48. The van der Waals surface area contributed by atoms with Crippen LogP contribution in [0.5, 0.6) is 0 Å². The van der Waals surface area contributed by atoms with E-state index in [-0.39, 0.29) is 19.4 Å². The van der Waals surface area contributed by atoms with Gasteiger partial charge in [0, 0.05) is 6.42 Å². The summed E-state index contributed by atoms with van der Waals surface area (Å²) in [6.07, 6.45) is 0.00160. The molecule has 1 atom stereocenters. The van der Waals surface area contributed by atoms with Gasteiger partial charge >= 0.3 is 5.97 Å². The largest absolute Gasteiger partial charge is 0.466 e. The van der Waals surface area contributed by atoms with Crippen LogP contribution in [-0.4, -0.2) is 30.4 Å². The van der Waals surface area contributed by atoms with Crippen LogP contribution < -0.4 is 11.1 Å². The lowest BCUT2D eigenvalue weighted by Gasteiger charge is -2.09. The number of rotatable bonds is 6. The molecule has 2 amide bonds. The van der Waals surface area contributed by atoms with Crippen molar-refractivity contribution in [1.82, 2.24) is 5.32 Å². The van der Waals surface area contributed by atoms with Gasteiger partial charge in [-0.2, -0.15) is 0 Å². The average molecular weight is 216 g/mol. The van der Waals surface area contributed by atoms with E-state index in [4.69, 9.17) is 5.73 Å². The van der Waals surface area contributed by atoms with Gasteiger partial charge in [-0.15, -0.1) is 0 Å². The molecule has 0 aliphatic heterocycles. The molecule has 0 aliphatic rings. The van der Waals surface area contributed by atoms with E-state index < -0.39 is 23.8 Å². The molecule has 0 heterocycles. The van der Waals surface area contributed by atoms with Crippen LogP contribution in [0.25, 0.3) is 0 Å². The molecule has 0 saturated heterocycles. The van der Waals surface area contributed by atoms with Gasteiger partial charge in [0.05, 0.1) is 13.0 Å². The molecular formula is C9H16N2O4. The molecule has 0 fully saturated rings. The molecule has 0 radical (unpaired) electrons. The lowest BCUT2D eigenvalue weighted by Crippen LogP contribution is -2.42. The number of primary amides is 1. The SMILES string of the molecule is CCOC(=O)CCC(=O)N[C@@H](C)C(N)=O. The number of hydrogen-bond donors (Lipinski definition) is 2. The van der Waals surface area contributed by atoms with Crippen LogP contribution >= 0.6 is 0 Å². The van der Waals surface area contributed by atoms with Crippen molar-refractivity contribution in [2.24, 2.45) is 5.73 Å². The molecule has 86 valence electrons. The predicted octanol–water partition coefficient (Wildman–Crippen LogP) is -0.680. The van der Waals surface area contributed by atoms with Crippen LogP contribution in [0.15, 0.2) is 0 Å². The highest BCUT2D eigenvalue weighted by molar-refractivity contribution is 5.87. The van der Waals surface area contributed by atoms with E-state index in [1.165, 1.54) is 6.92 Å². The molecule has 0 aromatic heterocycles. The van der Waals surface area contributed by atoms with Crippen LogP contribution in [0.3, 0.4) is 0 Å². The minimum atomic E-state index is -0.723. The standard InChI is InChI=1S/C9H16N2O4/c1-3-15-8(13)5-4-7(12)11-6(2)9(10)14/h6H,3-5H2,1-2H3,(H2,10,14)(H,11,12)/t6-/m0/s1. The van der Waals surface area contributed by atoms with Crippen LogP contribution in [0.1, 0.15) is 26.7 Å². The predicted molar refractivity (Wildman–Crippen MR) is 52.7 cm³/mol. The van der Waals surface area contributed by atoms with Gasteiger partial charge in [-0.05, 0) is 13.8 Å². The van der Waals surface area contributed by atoms with Crippen molar-refractivity contribution in [3.8, 4) is 0 Å². The number of amides is 2. The van der Waals surface area contributed by atoms with Crippen molar-refractivity contribution in [1.29, 1.82) is 0 Å². The van der Waals surface area contributed by atoms with Crippen LogP contribution in [0.2, 0.25) is 0 Å². The highest BCUT2D eigenvalue weighted by Crippen LogP contribution is 1.93. The summed E-state index contributed by atoms with van der Waals surface area (Å²) in [5.41, 5.74) is 4.94. The second kappa shape index (κ2) is 6.80. The Labute approximate surface area is 88.1 Å². The lowest BCUT2D eigenvalue weighted by molar-refractivity contribution is -0.144. The monoisotopic (exact) mass is 216 g/mol. The van der Waals surface area contributed by atoms with Gasteiger partial charge in [0.1, 0.15) is 6.04 Å². The summed E-state index contributed by atoms with van der Waals surface area (Å²) >= 11 is 0. The summed E-state index contributed by atoms with van der Waals surface area (Å²) in [4.78, 5) is 32.6. The first-order valence-electron chi connectivity index (χ1n) is 4.71. The highest BCUT2D eigenvalue weighted by atomic mass is 16.5. The quantitative estimate of drug-likeness (QED) is 0.574. The Morgan fingerprint density at radius 3 is 2.40 bits per heavy atom. The van der Waals surface area contributed by atoms with E-state index in [1.54, 1.807) is 6.92 Å². The summed E-state index contributed by atoms with van der Waals surface area (Å²) in [7, 11) is 0. The molecule has 0 spiro atoms. The molecule has 0 aromatic rings. The molecule has 6 heteroatoms. The topological polar surface area (TPSA) is 98.5 Å². The first-order valence-corrected chi connectivity index (χ1v) is 4.71. The minimum Gasteiger partial charge on any atom is -0.466 e. The summed E-state index contributed by atoms with van der Waals surface area (Å²) in [5.74, 6) is -1.44. The summed E-state index contributed by atoms with van der Waals surface area (Å²) < 4.78 is 4.63. The molecule has 3 N–H and O–H groups in total. The maximum atomic E-state index is 11.1. The van der Waals surface area contributed by atoms with E-state index in [1.807, 2.05) is 0 Å². The molecule has 0 unspecified atom stereocenters. The van der Waals surface area contributed by atoms with Crippen molar-refractivity contribution in [3.63, 3.8) is 0 Å². The van der Waals surface area contributed by atoms with Crippen LogP contribution in [0, 0.1) is 0 Å². The number of carbonyl (C=O) groups is 3. The fourth-order valence-electron chi connectivity index (χ4n) is 0.834. The Hall–Kier alpha value is -1.59. The fraction of sp³-hybridized carbons (Fsp3) is 0.667. The first kappa shape index (κ1) is 13.4. The fourth-order valence-corrected chi connectivity index (χ4v) is 0.834. The number of nitrogens with one attached hydrogen (secondary N) is 1. The summed E-state index contributed by atoms with van der Waals surface area (Å²) in [6.45, 7) is 3.45. The van der Waals surface area contributed by atoms with Crippen molar-refractivity contribution >= 4 is 17.8 Å². The van der Waals surface area contributed by atoms with E-state index >= 15 is 0 Å². The molecule has 6 nitrogen and oxygen atoms in total. The van der Waals surface area contributed by atoms with Crippen molar-refractivity contribution in [2.45, 2.75) is 32.7 Å². The Kier molecular flexibility index (Phi) is 6.08. The van der Waals surface area contributed by atoms with Gasteiger partial charge in [-0.25, -0.2) is 0 Å². The van der Waals surface area contributed by atoms with Crippen LogP contribution in [0.4, 0.5) is 0 Å². The van der Waals surface area contributed by atoms with E-state index in [9.17, 15) is 14.4 Å². The van der Waals surface area contributed by atoms with Crippen molar-refractivity contribution < 1.29 is 19.1 Å². The van der Waals surface area contributed by atoms with Crippen molar-refractivity contribution in [3.05, 3.63) is 0 Å². The molecule has 15 heavy (non-hydrogen) atoms. The molecule has 0 bridgehead atoms. The third-order valence-corrected chi connectivity index (χ3v) is 1.67. The average Bonchev–Trinajstić information content (AvgIpc) is 2.15. The molecular weight excluding hydrogens is 200 g/mol. The van der Waals surface area contributed by atoms with E-state index in [2.05, 4.69) is 10.1 Å². The van der Waals surface area contributed by atoms with Gasteiger partial charge in [0.15, 0.2) is 0 Å². The lowest BCUT2D eigenvalue weighted by atomic mass is 10.2. The Bertz CT molecular complexity index is 252. The Morgan fingerprint density at radius 2 is 1.93 bits per heavy atom. The zero-order valence-electron chi connectivity index (χ0n) is 8.91. The Morgan fingerprint density at radius 1 is 1.33 bits per heavy atom. The first-order chi connectivity index (χ1) is 6.97. The minimum absolute atomic E-state index is 0.00352. The number of ether oxygens (including phenoxy) is 1. The number of nitrogens with two attached hydrogens (primary N) is 1. The Balaban J connectivity index is 3.75. The van der Waals surface area contributed by atoms with E-state index in [0.717, 1.165) is 0 Å². The molecule has 0 aliphatic carbocycles. The maximum absolute atomic E-state index is 11.1. The van der Waals surface area contributed by atoms with Crippen molar-refractivity contribution in [2.75, 3.05) is 6.61 Å². The molecule has 0 saturated carbocycles. The highest BCUT2D eigenvalue weighted by Gasteiger charge is 2.13. The van der Waals surface area contributed by atoms with Gasteiger partial charge in [0.2, 0.25) is 11.8 Å². The molecule has 0 rings (SSSR count). The number of carbonyl (C=O) groups excluding carboxylic acids is 3. The van der Waals surface area contributed by atoms with Gasteiger partial charge in [-0.3, -0.25) is 14.4 Å². The zero-order valence-corrected chi connectivity index (χ0v) is 8.91. The second-order valence-electron chi connectivity index (χ2n) is 3.00. The van der Waals surface area contributed by atoms with Gasteiger partial charge < -0.3 is 15.8 Å². The van der Waals surface area contributed by atoms with Crippen LogP contribution in [-0.2, 0) is 19.1 Å². The number of hydrogen-bond acceptors (Lipinski definition) is 4. The maximum Gasteiger partial charge on any atom is 0.306 e. The second-order valence-corrected chi connectivity index (χ2v) is 3.00. The van der Waals surface area contributed by atoms with Gasteiger partial charge in [0.25, 0.3) is 0 Å².